The highest BCUT2D eigenvalue weighted by molar-refractivity contribution is 6.12. The third kappa shape index (κ3) is 4.70. The SMILES string of the molecule is Cc1ccc2c(c1)c1cc(C(=O)N[C@H](c3ccccc3)[C@H](C)O)ccc1n2-c1ccc(C(F)(F)F)cc1. The maximum atomic E-state index is 13.3. The van der Waals surface area contributed by atoms with E-state index in [0.717, 1.165) is 45.1 Å². The van der Waals surface area contributed by atoms with Crippen LogP contribution < -0.4 is 5.32 Å². The van der Waals surface area contributed by atoms with E-state index < -0.39 is 23.9 Å². The van der Waals surface area contributed by atoms with Crippen LogP contribution in [0, 0.1) is 6.92 Å². The molecule has 5 rings (SSSR count). The van der Waals surface area contributed by atoms with Gasteiger partial charge in [-0.2, -0.15) is 13.2 Å². The highest BCUT2D eigenvalue weighted by Gasteiger charge is 2.30. The number of carbonyl (C=O) groups excluding carboxylic acids is 1. The van der Waals surface area contributed by atoms with Gasteiger partial charge in [0.2, 0.25) is 0 Å². The molecule has 0 spiro atoms. The molecule has 0 aliphatic carbocycles. The molecule has 0 bridgehead atoms. The Morgan fingerprint density at radius 2 is 1.49 bits per heavy atom. The minimum Gasteiger partial charge on any atom is -0.391 e. The standard InChI is InChI=1S/C30H25F3N2O2/c1-18-8-14-26-24(16-18)25-17-21(29(37)34-28(19(2)36)20-6-4-3-5-7-20)9-15-27(25)35(26)23-12-10-22(11-13-23)30(31,32)33/h3-17,19,28,36H,1-2H3,(H,34,37)/t19-,28-/m0/s1. The number of nitrogens with zero attached hydrogens (tertiary/aromatic N) is 1. The zero-order valence-corrected chi connectivity index (χ0v) is 20.3. The van der Waals surface area contributed by atoms with Crippen LogP contribution in [0.1, 0.15) is 40.0 Å². The van der Waals surface area contributed by atoms with Gasteiger partial charge in [0.15, 0.2) is 0 Å². The molecule has 0 saturated carbocycles. The van der Waals surface area contributed by atoms with Gasteiger partial charge in [0.1, 0.15) is 0 Å². The van der Waals surface area contributed by atoms with E-state index in [4.69, 9.17) is 0 Å². The summed E-state index contributed by atoms with van der Waals surface area (Å²) in [5.74, 6) is -0.334. The number of fused-ring (bicyclic) bond motifs is 3. The number of carbonyl (C=O) groups is 1. The molecule has 5 aromatic rings. The van der Waals surface area contributed by atoms with Gasteiger partial charge in [-0.15, -0.1) is 0 Å². The molecule has 1 aromatic heterocycles. The Balaban J connectivity index is 1.59. The lowest BCUT2D eigenvalue weighted by Gasteiger charge is -2.22. The van der Waals surface area contributed by atoms with Crippen molar-refractivity contribution in [3.05, 3.63) is 113 Å². The minimum atomic E-state index is -4.41. The minimum absolute atomic E-state index is 0.334. The number of aromatic nitrogens is 1. The summed E-state index contributed by atoms with van der Waals surface area (Å²) < 4.78 is 41.3. The predicted octanol–water partition coefficient (Wildman–Crippen LogP) is 6.96. The largest absolute Gasteiger partial charge is 0.416 e. The zero-order valence-electron chi connectivity index (χ0n) is 20.3. The number of alkyl halides is 3. The highest BCUT2D eigenvalue weighted by Crippen LogP contribution is 2.35. The van der Waals surface area contributed by atoms with Gasteiger partial charge in [0, 0.05) is 22.0 Å². The number of nitrogens with one attached hydrogen (secondary N) is 1. The molecular formula is C30H25F3N2O2. The van der Waals surface area contributed by atoms with Crippen LogP contribution in [0.4, 0.5) is 13.2 Å². The highest BCUT2D eigenvalue weighted by atomic mass is 19.4. The average Bonchev–Trinajstić information content (AvgIpc) is 3.19. The summed E-state index contributed by atoms with van der Waals surface area (Å²) in [6.45, 7) is 3.59. The van der Waals surface area contributed by atoms with E-state index >= 15 is 0 Å². The third-order valence-corrected chi connectivity index (χ3v) is 6.56. The molecular weight excluding hydrogens is 477 g/mol. The van der Waals surface area contributed by atoms with Crippen molar-refractivity contribution in [1.82, 2.24) is 9.88 Å². The quantitative estimate of drug-likeness (QED) is 0.273. The van der Waals surface area contributed by atoms with Gasteiger partial charge in [-0.1, -0.05) is 42.0 Å². The van der Waals surface area contributed by atoms with Crippen LogP contribution in [0.3, 0.4) is 0 Å². The first-order valence-electron chi connectivity index (χ1n) is 11.9. The first-order chi connectivity index (χ1) is 17.6. The molecule has 4 aromatic carbocycles. The summed E-state index contributed by atoms with van der Waals surface area (Å²) in [5.41, 5.74) is 3.71. The molecule has 0 radical (unpaired) electrons. The summed E-state index contributed by atoms with van der Waals surface area (Å²) in [5, 5.41) is 14.9. The van der Waals surface area contributed by atoms with E-state index in [1.165, 1.54) is 12.1 Å². The molecule has 2 N–H and O–H groups in total. The second kappa shape index (κ2) is 9.41. The summed E-state index contributed by atoms with van der Waals surface area (Å²) in [6.07, 6.45) is -5.22. The summed E-state index contributed by atoms with van der Waals surface area (Å²) >= 11 is 0. The van der Waals surface area contributed by atoms with Gasteiger partial charge in [-0.3, -0.25) is 4.79 Å². The van der Waals surface area contributed by atoms with Gasteiger partial charge < -0.3 is 15.0 Å². The Labute approximate surface area is 212 Å². The molecule has 2 atom stereocenters. The molecule has 4 nitrogen and oxygen atoms in total. The first-order valence-corrected chi connectivity index (χ1v) is 11.9. The Bertz CT molecular complexity index is 1590. The molecule has 0 unspecified atom stereocenters. The molecule has 1 amide bonds. The van der Waals surface area contributed by atoms with Gasteiger partial charge in [-0.25, -0.2) is 0 Å². The van der Waals surface area contributed by atoms with Gasteiger partial charge in [-0.05, 0) is 74.0 Å². The molecule has 0 saturated heterocycles. The topological polar surface area (TPSA) is 54.3 Å². The van der Waals surface area contributed by atoms with Crippen LogP contribution in [-0.2, 0) is 6.18 Å². The smallest absolute Gasteiger partial charge is 0.391 e. The van der Waals surface area contributed by atoms with Crippen molar-refractivity contribution < 1.29 is 23.1 Å². The van der Waals surface area contributed by atoms with E-state index in [0.29, 0.717) is 11.3 Å². The van der Waals surface area contributed by atoms with Gasteiger partial charge in [0.25, 0.3) is 5.91 Å². The van der Waals surface area contributed by atoms with E-state index in [1.807, 2.05) is 60.0 Å². The van der Waals surface area contributed by atoms with Crippen molar-refractivity contribution in [3.63, 3.8) is 0 Å². The number of rotatable bonds is 5. The van der Waals surface area contributed by atoms with Gasteiger partial charge >= 0.3 is 6.18 Å². The van der Waals surface area contributed by atoms with Crippen molar-refractivity contribution >= 4 is 27.7 Å². The van der Waals surface area contributed by atoms with Crippen LogP contribution in [0.15, 0.2) is 91.0 Å². The number of aliphatic hydroxyl groups is 1. The van der Waals surface area contributed by atoms with Gasteiger partial charge in [0.05, 0.1) is 28.7 Å². The number of hydrogen-bond acceptors (Lipinski definition) is 2. The van der Waals surface area contributed by atoms with Crippen LogP contribution in [-0.4, -0.2) is 21.7 Å². The van der Waals surface area contributed by atoms with Crippen molar-refractivity contribution in [2.75, 3.05) is 0 Å². The van der Waals surface area contributed by atoms with E-state index in [-0.39, 0.29) is 5.91 Å². The average molecular weight is 503 g/mol. The Morgan fingerprint density at radius 1 is 0.865 bits per heavy atom. The lowest BCUT2D eigenvalue weighted by molar-refractivity contribution is -0.137. The molecule has 0 fully saturated rings. The van der Waals surface area contributed by atoms with Crippen molar-refractivity contribution in [1.29, 1.82) is 0 Å². The molecule has 0 aliphatic rings. The van der Waals surface area contributed by atoms with Crippen LogP contribution >= 0.6 is 0 Å². The lowest BCUT2D eigenvalue weighted by Crippen LogP contribution is -2.35. The number of amides is 1. The summed E-state index contributed by atoms with van der Waals surface area (Å²) in [4.78, 5) is 13.3. The first kappa shape index (κ1) is 24.6. The van der Waals surface area contributed by atoms with Crippen LogP contribution in [0.25, 0.3) is 27.5 Å². The Kier molecular flexibility index (Phi) is 6.25. The summed E-state index contributed by atoms with van der Waals surface area (Å²) in [7, 11) is 0. The Morgan fingerprint density at radius 3 is 2.11 bits per heavy atom. The Hall–Kier alpha value is -4.10. The number of halogens is 3. The van der Waals surface area contributed by atoms with E-state index in [2.05, 4.69) is 5.32 Å². The normalized spacial score (nSPS) is 13.6. The lowest BCUT2D eigenvalue weighted by atomic mass is 10.0. The molecule has 7 heteroatoms. The van der Waals surface area contributed by atoms with Crippen LogP contribution in [0.2, 0.25) is 0 Å². The second-order valence-electron chi connectivity index (χ2n) is 9.23. The summed E-state index contributed by atoms with van der Waals surface area (Å²) in [6, 6.07) is 24.9. The predicted molar refractivity (Wildman–Crippen MR) is 139 cm³/mol. The maximum Gasteiger partial charge on any atom is 0.416 e. The maximum absolute atomic E-state index is 13.3. The number of aliphatic hydroxyl groups excluding tert-OH is 1. The molecule has 1 heterocycles. The number of benzene rings is 4. The third-order valence-electron chi connectivity index (χ3n) is 6.56. The fourth-order valence-electron chi connectivity index (χ4n) is 4.72. The number of aryl methyl sites for hydroxylation is 1. The molecule has 0 aliphatic heterocycles. The number of hydrogen-bond donors (Lipinski definition) is 2. The molecule has 188 valence electrons. The monoisotopic (exact) mass is 502 g/mol. The fourth-order valence-corrected chi connectivity index (χ4v) is 4.72. The molecule has 37 heavy (non-hydrogen) atoms. The fraction of sp³-hybridized carbons (Fsp3) is 0.167. The van der Waals surface area contributed by atoms with E-state index in [9.17, 15) is 23.1 Å². The van der Waals surface area contributed by atoms with E-state index in [1.54, 1.807) is 25.1 Å². The van der Waals surface area contributed by atoms with Crippen molar-refractivity contribution in [2.45, 2.75) is 32.2 Å². The van der Waals surface area contributed by atoms with Crippen LogP contribution in [0.5, 0.6) is 0 Å². The zero-order chi connectivity index (χ0) is 26.3. The van der Waals surface area contributed by atoms with Crippen molar-refractivity contribution in [2.24, 2.45) is 0 Å². The second-order valence-corrected chi connectivity index (χ2v) is 9.23. The van der Waals surface area contributed by atoms with Crippen molar-refractivity contribution in [3.8, 4) is 5.69 Å².